The minimum absolute atomic E-state index is 0.262. The molecule has 0 radical (unpaired) electrons. The van der Waals surface area contributed by atoms with Gasteiger partial charge in [-0.25, -0.2) is 0 Å². The summed E-state index contributed by atoms with van der Waals surface area (Å²) in [6, 6.07) is 10.5. The van der Waals surface area contributed by atoms with Crippen LogP contribution in [0, 0.1) is 6.92 Å². The number of pyridine rings is 1. The zero-order valence-electron chi connectivity index (χ0n) is 12.5. The van der Waals surface area contributed by atoms with E-state index < -0.39 is 0 Å². The minimum Gasteiger partial charge on any atom is -0.489 e. The average Bonchev–Trinajstić information content (AvgIpc) is 2.97. The van der Waals surface area contributed by atoms with Crippen LogP contribution in [0.5, 0.6) is 5.75 Å². The van der Waals surface area contributed by atoms with Gasteiger partial charge in [0, 0.05) is 35.9 Å². The Kier molecular flexibility index (Phi) is 4.34. The molecule has 0 spiro atoms. The second-order valence-electron chi connectivity index (χ2n) is 5.31. The summed E-state index contributed by atoms with van der Waals surface area (Å²) < 4.78 is 6.14. The van der Waals surface area contributed by atoms with Gasteiger partial charge in [-0.3, -0.25) is 4.98 Å². The van der Waals surface area contributed by atoms with Crippen LogP contribution in [0.25, 0.3) is 0 Å². The molecule has 3 rings (SSSR count). The molecule has 0 aliphatic carbocycles. The van der Waals surface area contributed by atoms with Gasteiger partial charge in [-0.05, 0) is 49.1 Å². The van der Waals surface area contributed by atoms with Crippen LogP contribution in [-0.4, -0.2) is 30.4 Å². The first-order valence-electron chi connectivity index (χ1n) is 7.22. The molecule has 1 unspecified atom stereocenters. The predicted molar refractivity (Wildman–Crippen MR) is 88.4 cm³/mol. The van der Waals surface area contributed by atoms with Crippen LogP contribution in [-0.2, 0) is 0 Å². The van der Waals surface area contributed by atoms with E-state index in [0.717, 1.165) is 25.3 Å². The summed E-state index contributed by atoms with van der Waals surface area (Å²) in [5.41, 5.74) is 2.51. The van der Waals surface area contributed by atoms with E-state index in [2.05, 4.69) is 53.4 Å². The van der Waals surface area contributed by atoms with Crippen molar-refractivity contribution >= 4 is 17.4 Å². The fraction of sp³-hybridized carbons (Fsp3) is 0.353. The van der Waals surface area contributed by atoms with Gasteiger partial charge in [-0.15, -0.1) is 11.8 Å². The Balaban J connectivity index is 1.63. The second kappa shape index (κ2) is 6.39. The largest absolute Gasteiger partial charge is 0.489 e. The quantitative estimate of drug-likeness (QED) is 0.803. The molecule has 0 saturated carbocycles. The monoisotopic (exact) mass is 300 g/mol. The van der Waals surface area contributed by atoms with Gasteiger partial charge in [0.15, 0.2) is 0 Å². The number of aromatic nitrogens is 1. The molecule has 1 aromatic heterocycles. The highest BCUT2D eigenvalue weighted by atomic mass is 32.2. The summed E-state index contributed by atoms with van der Waals surface area (Å²) in [6.07, 6.45) is 7.11. The van der Waals surface area contributed by atoms with Crippen molar-refractivity contribution in [2.45, 2.75) is 24.3 Å². The number of thioether (sulfide) groups is 1. The zero-order valence-corrected chi connectivity index (χ0v) is 13.3. The molecule has 0 amide bonds. The lowest BCUT2D eigenvalue weighted by Crippen LogP contribution is -2.24. The molecule has 3 nitrogen and oxygen atoms in total. The number of aryl methyl sites for hydroxylation is 1. The van der Waals surface area contributed by atoms with Crippen molar-refractivity contribution < 1.29 is 4.74 Å². The number of ether oxygens (including phenoxy) is 1. The molecule has 0 N–H and O–H groups in total. The molecule has 1 aliphatic rings. The third kappa shape index (κ3) is 3.32. The van der Waals surface area contributed by atoms with Crippen LogP contribution < -0.4 is 9.64 Å². The highest BCUT2D eigenvalue weighted by Crippen LogP contribution is 2.27. The first-order valence-corrected chi connectivity index (χ1v) is 8.45. The molecule has 1 saturated heterocycles. The summed E-state index contributed by atoms with van der Waals surface area (Å²) in [6.45, 7) is 4.11. The highest BCUT2D eigenvalue weighted by Gasteiger charge is 2.24. The Morgan fingerprint density at radius 2 is 2.05 bits per heavy atom. The van der Waals surface area contributed by atoms with Crippen LogP contribution in [0.3, 0.4) is 0 Å². The molecule has 2 aromatic rings. The Hall–Kier alpha value is -1.68. The summed E-state index contributed by atoms with van der Waals surface area (Å²) in [5.74, 6) is 0.979. The van der Waals surface area contributed by atoms with Gasteiger partial charge >= 0.3 is 0 Å². The van der Waals surface area contributed by atoms with Crippen LogP contribution in [0.1, 0.15) is 12.0 Å². The van der Waals surface area contributed by atoms with E-state index in [1.54, 1.807) is 11.8 Å². The number of hydrogen-bond acceptors (Lipinski definition) is 4. The Labute approximate surface area is 130 Å². The van der Waals surface area contributed by atoms with Crippen molar-refractivity contribution in [2.75, 3.05) is 24.2 Å². The molecule has 1 aromatic carbocycles. The number of benzene rings is 1. The molecule has 1 atom stereocenters. The summed E-state index contributed by atoms with van der Waals surface area (Å²) in [7, 11) is 0. The van der Waals surface area contributed by atoms with Crippen LogP contribution in [0.2, 0.25) is 0 Å². The smallest absolute Gasteiger partial charge is 0.120 e. The molecule has 1 aliphatic heterocycles. The van der Waals surface area contributed by atoms with Gasteiger partial charge in [0.05, 0.1) is 6.54 Å². The zero-order chi connectivity index (χ0) is 14.7. The van der Waals surface area contributed by atoms with Gasteiger partial charge in [-0.1, -0.05) is 0 Å². The molecule has 2 heterocycles. The van der Waals surface area contributed by atoms with Crippen LogP contribution in [0.4, 0.5) is 5.69 Å². The number of nitrogens with zero attached hydrogens (tertiary/aromatic N) is 2. The van der Waals surface area contributed by atoms with Gasteiger partial charge in [0.1, 0.15) is 11.9 Å². The minimum atomic E-state index is 0.262. The predicted octanol–water partition coefficient (Wildman–Crippen LogP) is 3.77. The SMILES string of the molecule is CSc1ccc(OC2CCN(c3ccncc3)C2)cc1C. The summed E-state index contributed by atoms with van der Waals surface area (Å²) >= 11 is 1.77. The van der Waals surface area contributed by atoms with Crippen molar-refractivity contribution in [3.05, 3.63) is 48.3 Å². The van der Waals surface area contributed by atoms with Crippen molar-refractivity contribution in [1.82, 2.24) is 4.98 Å². The molecule has 1 fully saturated rings. The van der Waals surface area contributed by atoms with Crippen molar-refractivity contribution in [3.8, 4) is 5.75 Å². The van der Waals surface area contributed by atoms with Gasteiger partial charge in [-0.2, -0.15) is 0 Å². The van der Waals surface area contributed by atoms with E-state index in [1.807, 2.05) is 12.4 Å². The second-order valence-corrected chi connectivity index (χ2v) is 6.16. The van der Waals surface area contributed by atoms with Crippen LogP contribution in [0.15, 0.2) is 47.6 Å². The molecule has 0 bridgehead atoms. The fourth-order valence-corrected chi connectivity index (χ4v) is 3.32. The normalized spacial score (nSPS) is 18.0. The van der Waals surface area contributed by atoms with E-state index in [-0.39, 0.29) is 6.10 Å². The van der Waals surface area contributed by atoms with E-state index in [4.69, 9.17) is 4.74 Å². The number of hydrogen-bond donors (Lipinski definition) is 0. The Bertz CT molecular complexity index is 603. The topological polar surface area (TPSA) is 25.4 Å². The molecular formula is C17H20N2OS. The van der Waals surface area contributed by atoms with Crippen LogP contribution >= 0.6 is 11.8 Å². The van der Waals surface area contributed by atoms with E-state index >= 15 is 0 Å². The molecule has 21 heavy (non-hydrogen) atoms. The summed E-state index contributed by atoms with van der Waals surface area (Å²) in [4.78, 5) is 7.74. The van der Waals surface area contributed by atoms with Crippen molar-refractivity contribution in [1.29, 1.82) is 0 Å². The van der Waals surface area contributed by atoms with Gasteiger partial charge < -0.3 is 9.64 Å². The van der Waals surface area contributed by atoms with Gasteiger partial charge in [0.25, 0.3) is 0 Å². The molecule has 110 valence electrons. The molecule has 4 heteroatoms. The molecular weight excluding hydrogens is 280 g/mol. The van der Waals surface area contributed by atoms with Gasteiger partial charge in [0.2, 0.25) is 0 Å². The fourth-order valence-electron chi connectivity index (χ4n) is 2.73. The first kappa shape index (κ1) is 14.3. The first-order chi connectivity index (χ1) is 10.3. The third-order valence-corrected chi connectivity index (χ3v) is 4.74. The number of anilines is 1. The third-order valence-electron chi connectivity index (χ3n) is 3.84. The highest BCUT2D eigenvalue weighted by molar-refractivity contribution is 7.98. The number of rotatable bonds is 4. The lowest BCUT2D eigenvalue weighted by molar-refractivity contribution is 0.224. The average molecular weight is 300 g/mol. The maximum absolute atomic E-state index is 6.14. The lowest BCUT2D eigenvalue weighted by Gasteiger charge is -2.19. The van der Waals surface area contributed by atoms with Crippen molar-refractivity contribution in [3.63, 3.8) is 0 Å². The standard InChI is InChI=1S/C17H20N2OS/c1-13-11-15(3-4-17(13)21-2)20-16-7-10-19(12-16)14-5-8-18-9-6-14/h3-6,8-9,11,16H,7,10,12H2,1-2H3. The maximum atomic E-state index is 6.14. The summed E-state index contributed by atoms with van der Waals surface area (Å²) in [5, 5.41) is 0. The van der Waals surface area contributed by atoms with E-state index in [1.165, 1.54) is 16.1 Å². The van der Waals surface area contributed by atoms with Crippen molar-refractivity contribution in [2.24, 2.45) is 0 Å². The Morgan fingerprint density at radius 3 is 2.76 bits per heavy atom. The Morgan fingerprint density at radius 1 is 1.24 bits per heavy atom. The van der Waals surface area contributed by atoms with E-state index in [0.29, 0.717) is 0 Å². The van der Waals surface area contributed by atoms with E-state index in [9.17, 15) is 0 Å². The maximum Gasteiger partial charge on any atom is 0.120 e. The lowest BCUT2D eigenvalue weighted by atomic mass is 10.2.